The summed E-state index contributed by atoms with van der Waals surface area (Å²) >= 11 is 0. The lowest BCUT2D eigenvalue weighted by Crippen LogP contribution is -2.32. The fourth-order valence-electron chi connectivity index (χ4n) is 2.05. The van der Waals surface area contributed by atoms with Crippen molar-refractivity contribution in [1.29, 1.82) is 0 Å². The van der Waals surface area contributed by atoms with Gasteiger partial charge in [-0.05, 0) is 44.5 Å². The molecule has 0 heterocycles. The van der Waals surface area contributed by atoms with E-state index in [2.05, 4.69) is 63.1 Å². The smallest absolute Gasteiger partial charge is 0.184 e. The highest BCUT2D eigenvalue weighted by atomic mass is 28.4. The zero-order valence-corrected chi connectivity index (χ0v) is 13.5. The van der Waals surface area contributed by atoms with Crippen LogP contribution in [0.1, 0.15) is 18.4 Å². The normalized spacial score (nSPS) is 13.0. The van der Waals surface area contributed by atoms with Crippen LogP contribution in [0.15, 0.2) is 55.1 Å². The molecule has 0 aromatic heterocycles. The molecule has 0 spiro atoms. The minimum Gasteiger partial charge on any atom is -0.414 e. The van der Waals surface area contributed by atoms with Crippen molar-refractivity contribution in [3.63, 3.8) is 0 Å². The van der Waals surface area contributed by atoms with Crippen molar-refractivity contribution in [2.75, 3.05) is 0 Å². The molecule has 0 aliphatic heterocycles. The first-order valence-electron chi connectivity index (χ1n) is 6.92. The molecule has 0 radical (unpaired) electrons. The maximum Gasteiger partial charge on any atom is 0.184 e. The first-order valence-corrected chi connectivity index (χ1v) is 10.3. The predicted molar refractivity (Wildman–Crippen MR) is 86.9 cm³/mol. The SMILES string of the molecule is C=CC(=C)CC(CCc1ccccc1)O[Si](C)(C)C. The fourth-order valence-corrected chi connectivity index (χ4v) is 3.25. The van der Waals surface area contributed by atoms with Crippen LogP contribution in [-0.2, 0) is 10.8 Å². The number of hydrogen-bond donors (Lipinski definition) is 0. The monoisotopic (exact) mass is 274 g/mol. The van der Waals surface area contributed by atoms with Crippen LogP contribution in [0.4, 0.5) is 0 Å². The Balaban J connectivity index is 2.58. The molecule has 1 nitrogen and oxygen atoms in total. The number of allylic oxidation sites excluding steroid dienone is 1. The van der Waals surface area contributed by atoms with Crippen LogP contribution in [0, 0.1) is 0 Å². The summed E-state index contributed by atoms with van der Waals surface area (Å²) in [4.78, 5) is 0. The largest absolute Gasteiger partial charge is 0.414 e. The average Bonchev–Trinajstić information content (AvgIpc) is 2.35. The minimum atomic E-state index is -1.51. The van der Waals surface area contributed by atoms with E-state index < -0.39 is 8.32 Å². The molecule has 1 rings (SSSR count). The topological polar surface area (TPSA) is 9.23 Å². The van der Waals surface area contributed by atoms with E-state index in [1.165, 1.54) is 5.56 Å². The first-order chi connectivity index (χ1) is 8.90. The third-order valence-electron chi connectivity index (χ3n) is 2.90. The van der Waals surface area contributed by atoms with Crippen LogP contribution >= 0.6 is 0 Å². The second-order valence-electron chi connectivity index (χ2n) is 5.94. The highest BCUT2D eigenvalue weighted by Gasteiger charge is 2.21. The Kier molecular flexibility index (Phi) is 6.26. The number of rotatable bonds is 8. The van der Waals surface area contributed by atoms with E-state index in [1.807, 2.05) is 6.08 Å². The molecule has 0 aliphatic rings. The summed E-state index contributed by atoms with van der Waals surface area (Å²) in [6.07, 6.45) is 5.09. The molecule has 0 saturated carbocycles. The van der Waals surface area contributed by atoms with E-state index in [0.717, 1.165) is 24.8 Å². The highest BCUT2D eigenvalue weighted by molar-refractivity contribution is 6.69. The lowest BCUT2D eigenvalue weighted by Gasteiger charge is -2.27. The third kappa shape index (κ3) is 7.14. The molecular formula is C17H26OSi. The van der Waals surface area contributed by atoms with Crippen molar-refractivity contribution in [1.82, 2.24) is 0 Å². The average molecular weight is 274 g/mol. The van der Waals surface area contributed by atoms with Crippen molar-refractivity contribution < 1.29 is 4.43 Å². The summed E-state index contributed by atoms with van der Waals surface area (Å²) in [6, 6.07) is 10.6. The molecule has 0 aliphatic carbocycles. The van der Waals surface area contributed by atoms with Gasteiger partial charge >= 0.3 is 0 Å². The van der Waals surface area contributed by atoms with Gasteiger partial charge in [-0.1, -0.05) is 55.1 Å². The summed E-state index contributed by atoms with van der Waals surface area (Å²) in [5, 5.41) is 0. The van der Waals surface area contributed by atoms with Gasteiger partial charge in [0.1, 0.15) is 0 Å². The van der Waals surface area contributed by atoms with Gasteiger partial charge in [-0.15, -0.1) is 0 Å². The van der Waals surface area contributed by atoms with Gasteiger partial charge in [-0.2, -0.15) is 0 Å². The van der Waals surface area contributed by atoms with Gasteiger partial charge in [0.05, 0.1) is 0 Å². The molecule has 0 N–H and O–H groups in total. The Bertz CT molecular complexity index is 403. The van der Waals surface area contributed by atoms with Gasteiger partial charge in [0, 0.05) is 6.10 Å². The zero-order valence-electron chi connectivity index (χ0n) is 12.5. The zero-order chi connectivity index (χ0) is 14.3. The Morgan fingerprint density at radius 1 is 1.26 bits per heavy atom. The van der Waals surface area contributed by atoms with Gasteiger partial charge in [0.2, 0.25) is 0 Å². The molecule has 1 aromatic carbocycles. The molecular weight excluding hydrogens is 248 g/mol. The van der Waals surface area contributed by atoms with E-state index in [-0.39, 0.29) is 6.10 Å². The van der Waals surface area contributed by atoms with Gasteiger partial charge < -0.3 is 4.43 Å². The Labute approximate surface area is 119 Å². The maximum atomic E-state index is 6.26. The first kappa shape index (κ1) is 15.9. The second kappa shape index (κ2) is 7.46. The van der Waals surface area contributed by atoms with Crippen molar-refractivity contribution in [3.05, 3.63) is 60.7 Å². The van der Waals surface area contributed by atoms with Crippen molar-refractivity contribution in [2.24, 2.45) is 0 Å². The summed E-state index contributed by atoms with van der Waals surface area (Å²) in [7, 11) is -1.51. The summed E-state index contributed by atoms with van der Waals surface area (Å²) in [5.41, 5.74) is 2.44. The Morgan fingerprint density at radius 2 is 1.89 bits per heavy atom. The van der Waals surface area contributed by atoms with E-state index in [0.29, 0.717) is 0 Å². The van der Waals surface area contributed by atoms with Crippen LogP contribution in [0.2, 0.25) is 19.6 Å². The van der Waals surface area contributed by atoms with Crippen LogP contribution in [0.3, 0.4) is 0 Å². The minimum absolute atomic E-state index is 0.261. The standard InChI is InChI=1S/C17H26OSi/c1-6-15(2)14-17(18-19(3,4)5)13-12-16-10-8-7-9-11-16/h6-11,17H,1-2,12-14H2,3-5H3. The van der Waals surface area contributed by atoms with Crippen molar-refractivity contribution in [2.45, 2.75) is 45.0 Å². The van der Waals surface area contributed by atoms with Crippen LogP contribution < -0.4 is 0 Å². The fraction of sp³-hybridized carbons (Fsp3) is 0.412. The quantitative estimate of drug-likeness (QED) is 0.480. The molecule has 19 heavy (non-hydrogen) atoms. The van der Waals surface area contributed by atoms with Crippen molar-refractivity contribution in [3.8, 4) is 0 Å². The number of benzene rings is 1. The molecule has 0 bridgehead atoms. The Hall–Kier alpha value is -1.12. The lowest BCUT2D eigenvalue weighted by atomic mass is 10.0. The van der Waals surface area contributed by atoms with Crippen LogP contribution in [-0.4, -0.2) is 14.4 Å². The summed E-state index contributed by atoms with van der Waals surface area (Å²) in [5.74, 6) is 0. The van der Waals surface area contributed by atoms with E-state index in [9.17, 15) is 0 Å². The second-order valence-corrected chi connectivity index (χ2v) is 10.4. The Morgan fingerprint density at radius 3 is 2.42 bits per heavy atom. The predicted octanol–water partition coefficient (Wildman–Crippen LogP) is 4.97. The van der Waals surface area contributed by atoms with Gasteiger partial charge in [-0.25, -0.2) is 0 Å². The molecule has 104 valence electrons. The molecule has 0 saturated heterocycles. The molecule has 0 amide bonds. The molecule has 1 atom stereocenters. The third-order valence-corrected chi connectivity index (χ3v) is 3.94. The molecule has 2 heteroatoms. The van der Waals surface area contributed by atoms with Gasteiger partial charge in [0.25, 0.3) is 0 Å². The molecule has 0 fully saturated rings. The number of aryl methyl sites for hydroxylation is 1. The number of hydrogen-bond acceptors (Lipinski definition) is 1. The highest BCUT2D eigenvalue weighted by Crippen LogP contribution is 2.19. The van der Waals surface area contributed by atoms with Crippen molar-refractivity contribution >= 4 is 8.32 Å². The van der Waals surface area contributed by atoms with Gasteiger partial charge in [0.15, 0.2) is 8.32 Å². The lowest BCUT2D eigenvalue weighted by molar-refractivity contribution is 0.185. The summed E-state index contributed by atoms with van der Waals surface area (Å²) < 4.78 is 6.26. The molecule has 1 unspecified atom stereocenters. The van der Waals surface area contributed by atoms with E-state index in [1.54, 1.807) is 0 Å². The maximum absolute atomic E-state index is 6.26. The van der Waals surface area contributed by atoms with Gasteiger partial charge in [-0.3, -0.25) is 0 Å². The van der Waals surface area contributed by atoms with E-state index in [4.69, 9.17) is 4.43 Å². The van der Waals surface area contributed by atoms with E-state index >= 15 is 0 Å². The van der Waals surface area contributed by atoms with Crippen LogP contribution in [0.5, 0.6) is 0 Å². The van der Waals surface area contributed by atoms with Crippen LogP contribution in [0.25, 0.3) is 0 Å². The summed E-state index contributed by atoms with van der Waals surface area (Å²) in [6.45, 7) is 14.5. The molecule has 1 aromatic rings.